The average molecular weight is 418 g/mol. The summed E-state index contributed by atoms with van der Waals surface area (Å²) in [6.07, 6.45) is 0. The third-order valence-electron chi connectivity index (χ3n) is 1.34. The first kappa shape index (κ1) is 20.3. The van der Waals surface area contributed by atoms with E-state index in [0.29, 0.717) is 0 Å². The van der Waals surface area contributed by atoms with Gasteiger partial charge in [-0.25, -0.2) is 0 Å². The topological polar surface area (TPSA) is 83.9 Å². The molecule has 0 amide bonds. The maximum atomic E-state index is 10.1. The van der Waals surface area contributed by atoms with Crippen molar-refractivity contribution in [1.82, 2.24) is 0 Å². The van der Waals surface area contributed by atoms with E-state index < -0.39 is 10.8 Å². The van der Waals surface area contributed by atoms with Crippen LogP contribution in [0.25, 0.3) is 0 Å². The molecular formula is C6H2Cl5NO4Y+3. The molecule has 0 aliphatic heterocycles. The molecule has 90 valence electrons. The van der Waals surface area contributed by atoms with Crippen LogP contribution in [-0.2, 0) is 32.7 Å². The predicted molar refractivity (Wildman–Crippen MR) is 62.7 cm³/mol. The van der Waals surface area contributed by atoms with Gasteiger partial charge in [0.25, 0.3) is 5.09 Å². The van der Waals surface area contributed by atoms with Gasteiger partial charge in [-0.15, -0.1) is 10.1 Å². The number of hydrogen-bond donors (Lipinski definition) is 0. The van der Waals surface area contributed by atoms with E-state index >= 15 is 0 Å². The first-order valence-electron chi connectivity index (χ1n) is 3.20. The first-order chi connectivity index (χ1) is 6.86. The fourth-order valence-corrected chi connectivity index (χ4v) is 1.93. The second-order valence-corrected chi connectivity index (χ2v) is 4.10. The molecule has 0 radical (unpaired) electrons. The molecule has 1 aromatic carbocycles. The zero-order valence-electron chi connectivity index (χ0n) is 7.64. The van der Waals surface area contributed by atoms with E-state index in [1.54, 1.807) is 0 Å². The molecule has 11 heteroatoms. The van der Waals surface area contributed by atoms with Crippen LogP contribution < -0.4 is 4.84 Å². The van der Waals surface area contributed by atoms with Crippen LogP contribution in [0, 0.1) is 10.1 Å². The monoisotopic (exact) mass is 416 g/mol. The van der Waals surface area contributed by atoms with Crippen LogP contribution in [0.15, 0.2) is 0 Å². The number of nitrogens with zero attached hydrogens (tertiary/aromatic N) is 1. The molecule has 5 nitrogen and oxygen atoms in total. The number of benzene rings is 1. The molecule has 0 fully saturated rings. The quantitative estimate of drug-likeness (QED) is 0.318. The third kappa shape index (κ3) is 4.51. The molecule has 0 unspecified atom stereocenters. The molecule has 0 heterocycles. The molecule has 0 atom stereocenters. The van der Waals surface area contributed by atoms with Gasteiger partial charge < -0.3 is 5.48 Å². The fourth-order valence-electron chi connectivity index (χ4n) is 0.739. The molecule has 0 spiro atoms. The van der Waals surface area contributed by atoms with E-state index in [0.717, 1.165) is 0 Å². The predicted octanol–water partition coefficient (Wildman–Crippen LogP) is 3.70. The van der Waals surface area contributed by atoms with Crippen LogP contribution in [0.3, 0.4) is 0 Å². The van der Waals surface area contributed by atoms with Crippen molar-refractivity contribution in [3.63, 3.8) is 0 Å². The van der Waals surface area contributed by atoms with Crippen molar-refractivity contribution >= 4 is 58.0 Å². The Morgan fingerprint density at radius 2 is 1.18 bits per heavy atom. The van der Waals surface area contributed by atoms with E-state index in [1.807, 2.05) is 0 Å². The smallest absolute Gasteiger partial charge is 0.412 e. The Kier molecular flexibility index (Phi) is 9.74. The summed E-state index contributed by atoms with van der Waals surface area (Å²) in [6.45, 7) is 0. The van der Waals surface area contributed by atoms with E-state index in [1.165, 1.54) is 0 Å². The maximum absolute atomic E-state index is 10.1. The number of halogens is 5. The minimum Gasteiger partial charge on any atom is -0.412 e. The van der Waals surface area contributed by atoms with Crippen molar-refractivity contribution in [3.05, 3.63) is 35.2 Å². The van der Waals surface area contributed by atoms with Crippen molar-refractivity contribution in [2.75, 3.05) is 0 Å². The van der Waals surface area contributed by atoms with Crippen molar-refractivity contribution in [1.29, 1.82) is 0 Å². The molecule has 0 bridgehead atoms. The average Bonchev–Trinajstić information content (AvgIpc) is 2.18. The molecule has 2 N–H and O–H groups in total. The van der Waals surface area contributed by atoms with Gasteiger partial charge in [0.05, 0.1) is 25.1 Å². The minimum atomic E-state index is -1.09. The maximum Gasteiger partial charge on any atom is 3.00 e. The summed E-state index contributed by atoms with van der Waals surface area (Å²) >= 11 is 28.2. The van der Waals surface area contributed by atoms with Crippen LogP contribution in [0.2, 0.25) is 25.1 Å². The summed E-state index contributed by atoms with van der Waals surface area (Å²) in [5, 5.41) is 8.08. The number of hydrogen-bond acceptors (Lipinski definition) is 3. The fraction of sp³-hybridized carbons (Fsp3) is 0. The first-order valence-corrected chi connectivity index (χ1v) is 5.09. The summed E-state index contributed by atoms with van der Waals surface area (Å²) in [5.74, 6) is -0.442. The van der Waals surface area contributed by atoms with Gasteiger partial charge in [-0.3, -0.25) is 4.84 Å². The molecule has 0 saturated carbocycles. The Morgan fingerprint density at radius 1 is 0.882 bits per heavy atom. The SMILES string of the molecule is O.O=[N+]([O-])Oc1c(Cl)c(Cl)c(Cl)c(Cl)c1Cl.[Y+3]. The van der Waals surface area contributed by atoms with Crippen molar-refractivity contribution in [3.8, 4) is 5.75 Å². The second kappa shape index (κ2) is 8.17. The molecule has 0 saturated heterocycles. The van der Waals surface area contributed by atoms with Gasteiger partial charge in [-0.2, -0.15) is 0 Å². The molecule has 1 rings (SSSR count). The molecule has 0 aromatic heterocycles. The summed E-state index contributed by atoms with van der Waals surface area (Å²) in [7, 11) is 0. The van der Waals surface area contributed by atoms with Gasteiger partial charge in [-0.05, 0) is 0 Å². The van der Waals surface area contributed by atoms with Crippen molar-refractivity contribution in [2.24, 2.45) is 0 Å². The molecule has 1 aromatic rings. The second-order valence-electron chi connectivity index (χ2n) is 2.21. The van der Waals surface area contributed by atoms with Gasteiger partial charge in [0.2, 0.25) is 0 Å². The molecule has 0 aliphatic rings. The molecule has 0 aliphatic carbocycles. The standard InChI is InChI=1S/C6Cl5NO3.H2O.Y/c7-1-2(8)4(10)6(15-12(13)14)5(11)3(1)9;;/h;1H2;/q;;+3. The van der Waals surface area contributed by atoms with Gasteiger partial charge in [0, 0.05) is 0 Å². The van der Waals surface area contributed by atoms with Crippen LogP contribution in [0.5, 0.6) is 5.75 Å². The van der Waals surface area contributed by atoms with Gasteiger partial charge in [0.15, 0.2) is 5.75 Å². The molecular weight excluding hydrogens is 416 g/mol. The Balaban J connectivity index is 0. The van der Waals surface area contributed by atoms with E-state index in [4.69, 9.17) is 58.0 Å². The van der Waals surface area contributed by atoms with Crippen molar-refractivity contribution in [2.45, 2.75) is 0 Å². The summed E-state index contributed by atoms with van der Waals surface area (Å²) in [5.41, 5.74) is 0. The molecule has 17 heavy (non-hydrogen) atoms. The Labute approximate surface area is 146 Å². The summed E-state index contributed by atoms with van der Waals surface area (Å²) in [6, 6.07) is 0. The Bertz CT molecular complexity index is 414. The van der Waals surface area contributed by atoms with Crippen LogP contribution >= 0.6 is 58.0 Å². The van der Waals surface area contributed by atoms with E-state index in [9.17, 15) is 10.1 Å². The minimum absolute atomic E-state index is 0. The van der Waals surface area contributed by atoms with E-state index in [2.05, 4.69) is 4.84 Å². The van der Waals surface area contributed by atoms with Gasteiger partial charge in [-0.1, -0.05) is 58.0 Å². The largest absolute Gasteiger partial charge is 3.00 e. The van der Waals surface area contributed by atoms with Crippen LogP contribution in [0.4, 0.5) is 0 Å². The van der Waals surface area contributed by atoms with Crippen molar-refractivity contribution < 1.29 is 48.1 Å². The Morgan fingerprint density at radius 3 is 1.47 bits per heavy atom. The third-order valence-corrected chi connectivity index (χ3v) is 3.58. The Hall–Kier alpha value is 0.934. The van der Waals surface area contributed by atoms with E-state index in [-0.39, 0.29) is 63.3 Å². The zero-order valence-corrected chi connectivity index (χ0v) is 14.3. The van der Waals surface area contributed by atoms with Crippen LogP contribution in [-0.4, -0.2) is 10.6 Å². The zero-order chi connectivity index (χ0) is 11.7. The van der Waals surface area contributed by atoms with Gasteiger partial charge >= 0.3 is 32.7 Å². The van der Waals surface area contributed by atoms with Crippen LogP contribution in [0.1, 0.15) is 0 Å². The summed E-state index contributed by atoms with van der Waals surface area (Å²) in [4.78, 5) is 14.3. The number of rotatable bonds is 2. The normalized spacial score (nSPS) is 9.00. The van der Waals surface area contributed by atoms with Gasteiger partial charge in [0.1, 0.15) is 0 Å². The summed E-state index contributed by atoms with van der Waals surface area (Å²) < 4.78 is 0.